The molecule has 210 valence electrons. The normalized spacial score (nSPS) is 16.4. The van der Waals surface area contributed by atoms with Crippen LogP contribution in [-0.4, -0.2) is 77.5 Å². The van der Waals surface area contributed by atoms with Crippen molar-refractivity contribution in [3.8, 4) is 0 Å². The molecule has 3 atom stereocenters. The molecule has 1 aliphatic rings. The van der Waals surface area contributed by atoms with Gasteiger partial charge in [-0.05, 0) is 44.2 Å². The predicted octanol–water partition coefficient (Wildman–Crippen LogP) is -0.678. The molecule has 38 heavy (non-hydrogen) atoms. The minimum atomic E-state index is -1.35. The highest BCUT2D eigenvalue weighted by Gasteiger charge is 2.38. The van der Waals surface area contributed by atoms with Gasteiger partial charge in [0.15, 0.2) is 0 Å². The van der Waals surface area contributed by atoms with Crippen LogP contribution in [0, 0.1) is 0 Å². The molecule has 1 fully saturated rings. The van der Waals surface area contributed by atoms with Crippen LogP contribution < -0.4 is 27.6 Å². The maximum Gasteiger partial charge on any atom is 0.320 e. The molecule has 0 aliphatic carbocycles. The molecule has 14 heteroatoms. The zero-order chi connectivity index (χ0) is 27.9. The maximum absolute atomic E-state index is 13.4. The lowest BCUT2D eigenvalue weighted by Crippen LogP contribution is -2.57. The number of hydrogen-bond acceptors (Lipinski definition) is 10. The Bertz CT molecular complexity index is 951. The Morgan fingerprint density at radius 1 is 1.11 bits per heavy atom. The molecule has 1 aromatic carbocycles. The molecule has 1 saturated heterocycles. The monoisotopic (exact) mass is 552 g/mol. The zero-order valence-corrected chi connectivity index (χ0v) is 21.9. The first-order valence-electron chi connectivity index (χ1n) is 12.4. The molecule has 1 aromatic rings. The molecule has 0 saturated carbocycles. The number of likely N-dealkylation sites (tertiary alicyclic amines) is 1. The molecule has 4 amide bonds. The van der Waals surface area contributed by atoms with Crippen molar-refractivity contribution in [2.45, 2.75) is 62.4 Å². The van der Waals surface area contributed by atoms with Gasteiger partial charge in [0.2, 0.25) is 23.6 Å². The molecule has 0 aromatic heterocycles. The van der Waals surface area contributed by atoms with E-state index in [1.807, 2.05) is 30.3 Å². The van der Waals surface area contributed by atoms with E-state index < -0.39 is 60.7 Å². The number of nitrogens with two attached hydrogens (primary N) is 2. The van der Waals surface area contributed by atoms with Crippen LogP contribution in [0.25, 0.3) is 0 Å². The van der Waals surface area contributed by atoms with Gasteiger partial charge in [0.1, 0.15) is 18.1 Å². The summed E-state index contributed by atoms with van der Waals surface area (Å²) in [6.45, 7) is 0.190. The summed E-state index contributed by atoms with van der Waals surface area (Å²) in [5, 5.41) is 13.8. The number of hydroxylamine groups is 1. The van der Waals surface area contributed by atoms with E-state index in [1.165, 1.54) is 4.90 Å². The van der Waals surface area contributed by atoms with E-state index in [-0.39, 0.29) is 13.0 Å². The number of benzene rings is 1. The highest BCUT2D eigenvalue weighted by atomic mass is 32.2. The predicted molar refractivity (Wildman–Crippen MR) is 139 cm³/mol. The summed E-state index contributed by atoms with van der Waals surface area (Å²) < 4.78 is 5.23. The van der Waals surface area contributed by atoms with Crippen LogP contribution in [0.2, 0.25) is 0 Å². The highest BCUT2D eigenvalue weighted by molar-refractivity contribution is 7.94. The van der Waals surface area contributed by atoms with Crippen LogP contribution in [0.3, 0.4) is 0 Å². The largest absolute Gasteiger partial charge is 0.391 e. The van der Waals surface area contributed by atoms with Gasteiger partial charge in [0, 0.05) is 6.54 Å². The SMILES string of the molecule is NCCCC[C@H](NC(=O)CNO)C(=O)N[C@@H](CC(=O)OSCc1ccccc1)C(=O)N1CCC[C@H]1C(N)=O. The van der Waals surface area contributed by atoms with Crippen LogP contribution in [-0.2, 0) is 33.9 Å². The van der Waals surface area contributed by atoms with Crippen molar-refractivity contribution >= 4 is 41.6 Å². The van der Waals surface area contributed by atoms with Crippen LogP contribution in [0.4, 0.5) is 0 Å². The summed E-state index contributed by atoms with van der Waals surface area (Å²) >= 11 is 0.898. The lowest BCUT2D eigenvalue weighted by Gasteiger charge is -2.28. The van der Waals surface area contributed by atoms with Crippen molar-refractivity contribution in [3.63, 3.8) is 0 Å². The molecule has 1 heterocycles. The Morgan fingerprint density at radius 2 is 1.84 bits per heavy atom. The minimum Gasteiger partial charge on any atom is -0.391 e. The smallest absolute Gasteiger partial charge is 0.320 e. The van der Waals surface area contributed by atoms with Crippen LogP contribution >= 0.6 is 12.0 Å². The topological polar surface area (TPSA) is 206 Å². The number of amides is 4. The van der Waals surface area contributed by atoms with E-state index in [0.717, 1.165) is 17.6 Å². The van der Waals surface area contributed by atoms with E-state index in [9.17, 15) is 24.0 Å². The molecular formula is C24H36N6O7S. The lowest BCUT2D eigenvalue weighted by molar-refractivity contribution is -0.144. The van der Waals surface area contributed by atoms with Gasteiger partial charge in [0.05, 0.1) is 30.8 Å². The molecular weight excluding hydrogens is 516 g/mol. The maximum atomic E-state index is 13.4. The molecule has 1 aliphatic heterocycles. The summed E-state index contributed by atoms with van der Waals surface area (Å²) in [5.41, 5.74) is 13.6. The third-order valence-corrected chi connectivity index (χ3v) is 6.66. The standard InChI is InChI=1S/C24H36N6O7S/c25-11-5-4-9-17(28-20(31)14-27-36)23(34)29-18(24(35)30-12-6-10-19(30)22(26)33)13-21(32)37-38-15-16-7-2-1-3-8-16/h1-3,7-8,17-19,27,36H,4-6,9-15,25H2,(H2,26,33)(H,28,31)(H,29,34)/t17-,18-,19-/m0/s1. The first-order chi connectivity index (χ1) is 18.3. The first-order valence-corrected chi connectivity index (χ1v) is 13.3. The number of unbranched alkanes of at least 4 members (excludes halogenated alkanes) is 1. The Morgan fingerprint density at radius 3 is 2.50 bits per heavy atom. The van der Waals surface area contributed by atoms with Gasteiger partial charge in [-0.1, -0.05) is 30.3 Å². The molecule has 13 nitrogen and oxygen atoms in total. The quantitative estimate of drug-likeness (QED) is 0.0865. The van der Waals surface area contributed by atoms with Crippen molar-refractivity contribution in [2.24, 2.45) is 11.5 Å². The Labute approximate surface area is 225 Å². The van der Waals surface area contributed by atoms with E-state index in [0.29, 0.717) is 38.0 Å². The average molecular weight is 553 g/mol. The average Bonchev–Trinajstić information content (AvgIpc) is 3.38. The fraction of sp³-hybridized carbons (Fsp3) is 0.542. The highest BCUT2D eigenvalue weighted by Crippen LogP contribution is 2.20. The van der Waals surface area contributed by atoms with E-state index >= 15 is 0 Å². The van der Waals surface area contributed by atoms with E-state index in [2.05, 4.69) is 10.6 Å². The molecule has 0 unspecified atom stereocenters. The minimum absolute atomic E-state index is 0.214. The number of carbonyl (C=O) groups excluding carboxylic acids is 5. The van der Waals surface area contributed by atoms with Gasteiger partial charge < -0.3 is 36.4 Å². The van der Waals surface area contributed by atoms with Gasteiger partial charge in [-0.25, -0.2) is 0 Å². The fourth-order valence-electron chi connectivity index (χ4n) is 4.02. The van der Waals surface area contributed by atoms with Gasteiger partial charge >= 0.3 is 5.97 Å². The van der Waals surface area contributed by atoms with Crippen molar-refractivity contribution in [3.05, 3.63) is 35.9 Å². The lowest BCUT2D eigenvalue weighted by atomic mass is 10.1. The van der Waals surface area contributed by atoms with Crippen LogP contribution in [0.5, 0.6) is 0 Å². The summed E-state index contributed by atoms with van der Waals surface area (Å²) in [6.07, 6.45) is 1.75. The number of carbonyl (C=O) groups is 5. The van der Waals surface area contributed by atoms with Crippen molar-refractivity contribution < 1.29 is 33.4 Å². The van der Waals surface area contributed by atoms with E-state index in [1.54, 1.807) is 5.48 Å². The van der Waals surface area contributed by atoms with Gasteiger partial charge in [-0.2, -0.15) is 5.48 Å². The van der Waals surface area contributed by atoms with Crippen LogP contribution in [0.15, 0.2) is 30.3 Å². The summed E-state index contributed by atoms with van der Waals surface area (Å²) in [6, 6.07) is 6.07. The number of nitrogens with one attached hydrogen (secondary N) is 3. The Kier molecular flexibility index (Phi) is 13.6. The number of nitrogens with zero attached hydrogens (tertiary/aromatic N) is 1. The third kappa shape index (κ3) is 10.3. The zero-order valence-electron chi connectivity index (χ0n) is 21.1. The van der Waals surface area contributed by atoms with Gasteiger partial charge in [0.25, 0.3) is 0 Å². The van der Waals surface area contributed by atoms with Crippen molar-refractivity contribution in [1.29, 1.82) is 0 Å². The number of rotatable bonds is 16. The molecule has 8 N–H and O–H groups in total. The van der Waals surface area contributed by atoms with Crippen molar-refractivity contribution in [1.82, 2.24) is 21.0 Å². The first kappa shape index (κ1) is 31.0. The van der Waals surface area contributed by atoms with Crippen LogP contribution in [0.1, 0.15) is 44.1 Å². The van der Waals surface area contributed by atoms with Gasteiger partial charge in [-0.15, -0.1) is 0 Å². The number of hydrogen-bond donors (Lipinski definition) is 6. The van der Waals surface area contributed by atoms with Gasteiger partial charge in [-0.3, -0.25) is 24.0 Å². The fourth-order valence-corrected chi connectivity index (χ4v) is 4.60. The Hall–Kier alpha value is -3.20. The number of primary amides is 1. The summed E-state index contributed by atoms with van der Waals surface area (Å²) in [4.78, 5) is 64.3. The van der Waals surface area contributed by atoms with E-state index in [4.69, 9.17) is 20.9 Å². The van der Waals surface area contributed by atoms with Crippen molar-refractivity contribution in [2.75, 3.05) is 19.6 Å². The third-order valence-electron chi connectivity index (χ3n) is 5.91. The Balaban J connectivity index is 2.13. The molecule has 0 spiro atoms. The molecule has 0 radical (unpaired) electrons. The summed E-state index contributed by atoms with van der Waals surface area (Å²) in [5.74, 6) is -3.02. The molecule has 0 bridgehead atoms. The second-order valence-corrected chi connectivity index (χ2v) is 9.49. The second-order valence-electron chi connectivity index (χ2n) is 8.80. The molecule has 2 rings (SSSR count). The second kappa shape index (κ2) is 16.6. The summed E-state index contributed by atoms with van der Waals surface area (Å²) in [7, 11) is 0.